The van der Waals surface area contributed by atoms with Crippen LogP contribution in [0.3, 0.4) is 0 Å². The van der Waals surface area contributed by atoms with Gasteiger partial charge in [-0.1, -0.05) is 74.0 Å². The smallest absolute Gasteiger partial charge is 0.335 e. The molecule has 0 bridgehead atoms. The molecule has 0 saturated heterocycles. The summed E-state index contributed by atoms with van der Waals surface area (Å²) in [4.78, 5) is 24.6. The monoisotopic (exact) mass is 507 g/mol. The van der Waals surface area contributed by atoms with Crippen molar-refractivity contribution < 1.29 is 19.4 Å². The summed E-state index contributed by atoms with van der Waals surface area (Å²) in [7, 11) is 1.44. The number of aromatic nitrogens is 1. The molecule has 3 aromatic carbocycles. The number of nitrogens with zero attached hydrogens (tertiary/aromatic N) is 1. The molecule has 0 amide bonds. The molecule has 5 nitrogen and oxygen atoms in total. The Kier molecular flexibility index (Phi) is 7.45. The molecule has 194 valence electrons. The van der Waals surface area contributed by atoms with Gasteiger partial charge >= 0.3 is 11.9 Å². The predicted octanol–water partition coefficient (Wildman–Crippen LogP) is 7.51. The third-order valence-electron chi connectivity index (χ3n) is 7.54. The van der Waals surface area contributed by atoms with Gasteiger partial charge in [0, 0.05) is 28.8 Å². The molecule has 1 aliphatic rings. The average molecular weight is 508 g/mol. The lowest BCUT2D eigenvalue weighted by Crippen LogP contribution is -2.08. The van der Waals surface area contributed by atoms with Gasteiger partial charge in [0.25, 0.3) is 0 Å². The summed E-state index contributed by atoms with van der Waals surface area (Å²) in [5.74, 6) is -1.21. The number of aromatic carboxylic acids is 1. The van der Waals surface area contributed by atoms with Crippen LogP contribution in [0.4, 0.5) is 0 Å². The van der Waals surface area contributed by atoms with E-state index in [1.807, 2.05) is 24.3 Å². The number of carboxylic acid groups (broad SMARTS) is 1. The minimum Gasteiger partial charge on any atom is -0.478 e. The number of rotatable bonds is 9. The lowest BCUT2D eigenvalue weighted by Gasteiger charge is -2.14. The van der Waals surface area contributed by atoms with E-state index >= 15 is 0 Å². The number of carbonyl (C=O) groups excluding carboxylic acids is 1. The first-order valence-electron chi connectivity index (χ1n) is 13.3. The Labute approximate surface area is 223 Å². The molecule has 0 fully saturated rings. The molecule has 1 aliphatic carbocycles. The van der Waals surface area contributed by atoms with E-state index in [0.717, 1.165) is 76.5 Å². The van der Waals surface area contributed by atoms with Crippen LogP contribution in [0, 0.1) is 0 Å². The van der Waals surface area contributed by atoms with Crippen molar-refractivity contribution in [1.82, 2.24) is 4.57 Å². The fraction of sp³-hybridized carbons (Fsp3) is 0.273. The fourth-order valence-corrected chi connectivity index (χ4v) is 5.64. The van der Waals surface area contributed by atoms with Gasteiger partial charge in [0.2, 0.25) is 0 Å². The van der Waals surface area contributed by atoms with Gasteiger partial charge in [-0.3, -0.25) is 0 Å². The van der Waals surface area contributed by atoms with Crippen molar-refractivity contribution in [3.8, 4) is 11.1 Å². The van der Waals surface area contributed by atoms with E-state index in [4.69, 9.17) is 4.74 Å². The molecule has 4 aromatic rings. The van der Waals surface area contributed by atoms with Crippen molar-refractivity contribution in [2.75, 3.05) is 7.11 Å². The molecule has 0 spiro atoms. The number of esters is 1. The first-order valence-corrected chi connectivity index (χ1v) is 13.3. The van der Waals surface area contributed by atoms with Gasteiger partial charge < -0.3 is 14.4 Å². The maximum absolute atomic E-state index is 12.7. The normalized spacial score (nSPS) is 13.3. The number of carbonyl (C=O) groups is 2. The fourth-order valence-electron chi connectivity index (χ4n) is 5.64. The van der Waals surface area contributed by atoms with Crippen LogP contribution < -0.4 is 0 Å². The minimum atomic E-state index is -0.946. The number of fused-ring (bicyclic) bond motifs is 1. The number of ether oxygens (including phenoxy) is 1. The van der Waals surface area contributed by atoms with Gasteiger partial charge in [-0.25, -0.2) is 9.59 Å². The lowest BCUT2D eigenvalue weighted by atomic mass is 9.96. The van der Waals surface area contributed by atoms with Gasteiger partial charge in [-0.2, -0.15) is 0 Å². The van der Waals surface area contributed by atoms with Crippen LogP contribution in [0.2, 0.25) is 0 Å². The Balaban J connectivity index is 1.68. The van der Waals surface area contributed by atoms with Crippen LogP contribution in [0.25, 0.3) is 27.6 Å². The van der Waals surface area contributed by atoms with E-state index in [2.05, 4.69) is 47.9 Å². The summed E-state index contributed by atoms with van der Waals surface area (Å²) in [6.07, 6.45) is 5.32. The molecular weight excluding hydrogens is 474 g/mol. The second-order valence-corrected chi connectivity index (χ2v) is 9.91. The van der Waals surface area contributed by atoms with Gasteiger partial charge in [0.05, 0.1) is 18.2 Å². The van der Waals surface area contributed by atoms with Crippen molar-refractivity contribution in [3.63, 3.8) is 0 Å². The zero-order valence-corrected chi connectivity index (χ0v) is 22.0. The molecule has 5 rings (SSSR count). The van der Waals surface area contributed by atoms with Crippen molar-refractivity contribution in [2.24, 2.45) is 0 Å². The Morgan fingerprint density at radius 3 is 2.37 bits per heavy atom. The molecule has 0 radical (unpaired) electrons. The Morgan fingerprint density at radius 1 is 0.947 bits per heavy atom. The maximum atomic E-state index is 12.7. The number of carboxylic acids is 1. The van der Waals surface area contributed by atoms with Gasteiger partial charge in [-0.05, 0) is 66.5 Å². The van der Waals surface area contributed by atoms with E-state index in [0.29, 0.717) is 13.0 Å². The molecule has 0 unspecified atom stereocenters. The van der Waals surface area contributed by atoms with Crippen LogP contribution in [0.1, 0.15) is 66.2 Å². The summed E-state index contributed by atoms with van der Waals surface area (Å²) in [5.41, 5.74) is 8.67. The van der Waals surface area contributed by atoms with Crippen LogP contribution in [0.15, 0.2) is 78.4 Å². The van der Waals surface area contributed by atoms with Crippen LogP contribution in [-0.2, 0) is 22.5 Å². The molecule has 0 aliphatic heterocycles. The number of benzene rings is 3. The van der Waals surface area contributed by atoms with Crippen LogP contribution >= 0.6 is 0 Å². The highest BCUT2D eigenvalue weighted by Gasteiger charge is 2.28. The van der Waals surface area contributed by atoms with Crippen molar-refractivity contribution >= 4 is 28.4 Å². The number of unbranched alkanes of at least 4 members (excludes halogenated alkanes) is 1. The van der Waals surface area contributed by atoms with Gasteiger partial charge in [0.15, 0.2) is 0 Å². The molecule has 0 atom stereocenters. The molecule has 38 heavy (non-hydrogen) atoms. The molecule has 1 aromatic heterocycles. The van der Waals surface area contributed by atoms with E-state index in [1.54, 1.807) is 12.1 Å². The van der Waals surface area contributed by atoms with Crippen molar-refractivity contribution in [3.05, 3.63) is 101 Å². The van der Waals surface area contributed by atoms with E-state index < -0.39 is 5.97 Å². The van der Waals surface area contributed by atoms with E-state index in [1.165, 1.54) is 12.7 Å². The van der Waals surface area contributed by atoms with E-state index in [-0.39, 0.29) is 11.5 Å². The van der Waals surface area contributed by atoms with Crippen LogP contribution in [-0.4, -0.2) is 28.7 Å². The zero-order valence-electron chi connectivity index (χ0n) is 22.0. The highest BCUT2D eigenvalue weighted by Crippen LogP contribution is 2.42. The average Bonchev–Trinajstić information content (AvgIpc) is 3.54. The number of allylic oxidation sites excluding steroid dienone is 1. The molecular formula is C33H33NO4. The Morgan fingerprint density at radius 2 is 1.68 bits per heavy atom. The summed E-state index contributed by atoms with van der Waals surface area (Å²) < 4.78 is 7.41. The quantitative estimate of drug-likeness (QED) is 0.238. The molecule has 1 heterocycles. The maximum Gasteiger partial charge on any atom is 0.335 e. The van der Waals surface area contributed by atoms with Gasteiger partial charge in [-0.15, -0.1) is 0 Å². The summed E-state index contributed by atoms with van der Waals surface area (Å²) in [6.45, 7) is 2.79. The third-order valence-corrected chi connectivity index (χ3v) is 7.54. The van der Waals surface area contributed by atoms with Gasteiger partial charge in [0.1, 0.15) is 0 Å². The molecule has 1 N–H and O–H groups in total. The number of hydrogen-bond acceptors (Lipinski definition) is 3. The van der Waals surface area contributed by atoms with Crippen LogP contribution in [0.5, 0.6) is 0 Å². The third kappa shape index (κ3) is 4.89. The zero-order chi connectivity index (χ0) is 26.6. The van der Waals surface area contributed by atoms with Crippen molar-refractivity contribution in [2.45, 2.75) is 52.0 Å². The Hall–Kier alpha value is -4.12. The first-order chi connectivity index (χ1) is 18.5. The molecule has 0 saturated carbocycles. The topological polar surface area (TPSA) is 68.5 Å². The second kappa shape index (κ2) is 11.1. The Bertz CT molecular complexity index is 1510. The first kappa shape index (κ1) is 25.5. The summed E-state index contributed by atoms with van der Waals surface area (Å²) in [5, 5.41) is 10.8. The minimum absolute atomic E-state index is 0.262. The highest BCUT2D eigenvalue weighted by molar-refractivity contribution is 6.05. The summed E-state index contributed by atoms with van der Waals surface area (Å²) >= 11 is 0. The lowest BCUT2D eigenvalue weighted by molar-refractivity contribution is -0.136. The largest absolute Gasteiger partial charge is 0.478 e. The SMILES string of the molecule is CCCCc1c(C2=C(C(=O)OC)CCC2)c2ccc(C(=O)O)cc2n1Cc1ccc(-c2ccccc2)cc1. The van der Waals surface area contributed by atoms with E-state index in [9.17, 15) is 14.7 Å². The molecule has 5 heteroatoms. The summed E-state index contributed by atoms with van der Waals surface area (Å²) in [6, 6.07) is 24.2. The highest BCUT2D eigenvalue weighted by atomic mass is 16.5. The standard InChI is InChI=1S/C33H33NO4/c1-3-4-13-29-31(26-11-8-12-27(26)33(37)38-2)28-19-18-25(32(35)36)20-30(28)34(29)21-22-14-16-24(17-15-22)23-9-6-5-7-10-23/h5-7,9-10,14-20H,3-4,8,11-13,21H2,1-2H3,(H,35,36). The van der Waals surface area contributed by atoms with Crippen molar-refractivity contribution in [1.29, 1.82) is 0 Å². The second-order valence-electron chi connectivity index (χ2n) is 9.91. The number of methoxy groups -OCH3 is 1. The number of hydrogen-bond donors (Lipinski definition) is 1. The predicted molar refractivity (Wildman–Crippen MR) is 151 cm³/mol.